The first-order valence-corrected chi connectivity index (χ1v) is 7.02. The van der Waals surface area contributed by atoms with Gasteiger partial charge in [0.15, 0.2) is 0 Å². The van der Waals surface area contributed by atoms with Crippen molar-refractivity contribution in [1.82, 2.24) is 5.32 Å². The number of ether oxygens (including phenoxy) is 1. The summed E-state index contributed by atoms with van der Waals surface area (Å²) < 4.78 is 5.02. The minimum absolute atomic E-state index is 0.818. The van der Waals surface area contributed by atoms with Crippen molar-refractivity contribution in [2.45, 2.75) is 51.9 Å². The molecule has 1 fully saturated rings. The Balaban J connectivity index is 1.94. The molecule has 1 saturated carbocycles. The number of hydrogen-bond acceptors (Lipinski definition) is 2. The summed E-state index contributed by atoms with van der Waals surface area (Å²) in [5.41, 5.74) is 0. The predicted octanol–water partition coefficient (Wildman–Crippen LogP) is 3.22. The minimum atomic E-state index is 0.818. The highest BCUT2D eigenvalue weighted by Crippen LogP contribution is 2.28. The van der Waals surface area contributed by atoms with Gasteiger partial charge in [0.1, 0.15) is 0 Å². The zero-order valence-electron chi connectivity index (χ0n) is 11.1. The Morgan fingerprint density at radius 2 is 2.00 bits per heavy atom. The molecule has 0 aromatic heterocycles. The van der Waals surface area contributed by atoms with Crippen LogP contribution in [0.2, 0.25) is 0 Å². The summed E-state index contributed by atoms with van der Waals surface area (Å²) in [5, 5.41) is 3.45. The van der Waals surface area contributed by atoms with Crippen LogP contribution in [0.4, 0.5) is 0 Å². The highest BCUT2D eigenvalue weighted by Gasteiger charge is 2.14. The second kappa shape index (κ2) is 9.00. The first-order chi connectivity index (χ1) is 7.83. The molecule has 0 aromatic carbocycles. The number of nitrogens with one attached hydrogen (secondary N) is 1. The normalized spacial score (nSPS) is 19.9. The van der Waals surface area contributed by atoms with Crippen LogP contribution in [-0.4, -0.2) is 26.8 Å². The molecule has 96 valence electrons. The van der Waals surface area contributed by atoms with Gasteiger partial charge in [0.2, 0.25) is 0 Å². The lowest BCUT2D eigenvalue weighted by Gasteiger charge is -2.23. The van der Waals surface area contributed by atoms with Gasteiger partial charge in [-0.05, 0) is 24.8 Å². The van der Waals surface area contributed by atoms with Crippen LogP contribution in [-0.2, 0) is 4.74 Å². The van der Waals surface area contributed by atoms with Crippen molar-refractivity contribution >= 4 is 0 Å². The maximum absolute atomic E-state index is 5.02. The fraction of sp³-hybridized carbons (Fsp3) is 1.00. The Kier molecular flexibility index (Phi) is 7.87. The lowest BCUT2D eigenvalue weighted by atomic mass is 9.84. The highest BCUT2D eigenvalue weighted by molar-refractivity contribution is 4.68. The van der Waals surface area contributed by atoms with Crippen molar-refractivity contribution in [2.75, 3.05) is 26.8 Å². The second-order valence-electron chi connectivity index (χ2n) is 5.38. The maximum Gasteiger partial charge on any atom is 0.0587 e. The predicted molar refractivity (Wildman–Crippen MR) is 69.7 cm³/mol. The van der Waals surface area contributed by atoms with Crippen molar-refractivity contribution in [1.29, 1.82) is 0 Å². The zero-order valence-corrected chi connectivity index (χ0v) is 11.1. The van der Waals surface area contributed by atoms with E-state index < -0.39 is 0 Å². The van der Waals surface area contributed by atoms with Crippen LogP contribution in [0.15, 0.2) is 0 Å². The molecule has 0 radical (unpaired) electrons. The molecule has 16 heavy (non-hydrogen) atoms. The molecule has 0 aromatic rings. The SMILES string of the molecule is COCCNCC(C)CCC1CCCCC1. The number of rotatable bonds is 8. The van der Waals surface area contributed by atoms with E-state index in [9.17, 15) is 0 Å². The van der Waals surface area contributed by atoms with Gasteiger partial charge in [-0.15, -0.1) is 0 Å². The van der Waals surface area contributed by atoms with Crippen molar-refractivity contribution in [3.63, 3.8) is 0 Å². The third-order valence-corrected chi connectivity index (χ3v) is 3.77. The summed E-state index contributed by atoms with van der Waals surface area (Å²) >= 11 is 0. The van der Waals surface area contributed by atoms with Gasteiger partial charge in [-0.3, -0.25) is 0 Å². The zero-order chi connectivity index (χ0) is 11.6. The molecule has 0 bridgehead atoms. The van der Waals surface area contributed by atoms with Crippen LogP contribution < -0.4 is 5.32 Å². The molecule has 0 heterocycles. The Hall–Kier alpha value is -0.0800. The van der Waals surface area contributed by atoms with Crippen LogP contribution >= 0.6 is 0 Å². The highest BCUT2D eigenvalue weighted by atomic mass is 16.5. The summed E-state index contributed by atoms with van der Waals surface area (Å²) in [6, 6.07) is 0. The molecular weight excluding hydrogens is 198 g/mol. The quantitative estimate of drug-likeness (QED) is 0.643. The van der Waals surface area contributed by atoms with Crippen molar-refractivity contribution in [3.8, 4) is 0 Å². The monoisotopic (exact) mass is 227 g/mol. The molecule has 1 aliphatic carbocycles. The van der Waals surface area contributed by atoms with Crippen LogP contribution in [0.5, 0.6) is 0 Å². The lowest BCUT2D eigenvalue weighted by Crippen LogP contribution is -2.25. The van der Waals surface area contributed by atoms with Crippen molar-refractivity contribution in [3.05, 3.63) is 0 Å². The standard InChI is InChI=1S/C14H29NO/c1-13(12-15-10-11-16-2)8-9-14-6-4-3-5-7-14/h13-15H,3-12H2,1-2H3. The molecule has 2 nitrogen and oxygen atoms in total. The number of methoxy groups -OCH3 is 1. The molecule has 0 amide bonds. The molecular formula is C14H29NO. The van der Waals surface area contributed by atoms with Crippen LogP contribution in [0.3, 0.4) is 0 Å². The molecule has 2 heteroatoms. The van der Waals surface area contributed by atoms with Gasteiger partial charge in [-0.25, -0.2) is 0 Å². The fourth-order valence-electron chi connectivity index (χ4n) is 2.62. The summed E-state index contributed by atoms with van der Waals surface area (Å²) in [6.45, 7) is 5.33. The second-order valence-corrected chi connectivity index (χ2v) is 5.38. The molecule has 1 N–H and O–H groups in total. The topological polar surface area (TPSA) is 21.3 Å². The molecule has 1 rings (SSSR count). The average Bonchev–Trinajstić information content (AvgIpc) is 2.33. The van der Waals surface area contributed by atoms with E-state index >= 15 is 0 Å². The van der Waals surface area contributed by atoms with E-state index in [2.05, 4.69) is 12.2 Å². The van der Waals surface area contributed by atoms with Gasteiger partial charge in [0.25, 0.3) is 0 Å². The summed E-state index contributed by atoms with van der Waals surface area (Å²) in [5.74, 6) is 1.86. The summed E-state index contributed by atoms with van der Waals surface area (Å²) in [4.78, 5) is 0. The first kappa shape index (κ1) is 14.0. The van der Waals surface area contributed by atoms with Gasteiger partial charge in [-0.2, -0.15) is 0 Å². The third kappa shape index (κ3) is 6.49. The van der Waals surface area contributed by atoms with Gasteiger partial charge >= 0.3 is 0 Å². The van der Waals surface area contributed by atoms with E-state index in [1.165, 1.54) is 44.9 Å². The maximum atomic E-state index is 5.02. The molecule has 1 atom stereocenters. The van der Waals surface area contributed by atoms with Crippen LogP contribution in [0.25, 0.3) is 0 Å². The van der Waals surface area contributed by atoms with Crippen molar-refractivity contribution in [2.24, 2.45) is 11.8 Å². The Morgan fingerprint density at radius 1 is 1.25 bits per heavy atom. The summed E-state index contributed by atoms with van der Waals surface area (Å²) in [6.07, 6.45) is 10.3. The van der Waals surface area contributed by atoms with Gasteiger partial charge < -0.3 is 10.1 Å². The van der Waals surface area contributed by atoms with E-state index in [1.807, 2.05) is 0 Å². The largest absolute Gasteiger partial charge is 0.383 e. The Bertz CT molecular complexity index is 155. The van der Waals surface area contributed by atoms with Crippen LogP contribution in [0, 0.1) is 11.8 Å². The van der Waals surface area contributed by atoms with E-state index in [1.54, 1.807) is 7.11 Å². The molecule has 0 spiro atoms. The van der Waals surface area contributed by atoms with Gasteiger partial charge in [-0.1, -0.05) is 45.4 Å². The molecule has 1 aliphatic rings. The number of hydrogen-bond donors (Lipinski definition) is 1. The third-order valence-electron chi connectivity index (χ3n) is 3.77. The van der Waals surface area contributed by atoms with Gasteiger partial charge in [0.05, 0.1) is 6.61 Å². The van der Waals surface area contributed by atoms with Crippen LogP contribution in [0.1, 0.15) is 51.9 Å². The van der Waals surface area contributed by atoms with E-state index in [0.29, 0.717) is 0 Å². The van der Waals surface area contributed by atoms with Crippen molar-refractivity contribution < 1.29 is 4.74 Å². The summed E-state index contributed by atoms with van der Waals surface area (Å²) in [7, 11) is 1.76. The fourth-order valence-corrected chi connectivity index (χ4v) is 2.62. The molecule has 0 aliphatic heterocycles. The molecule has 1 unspecified atom stereocenters. The first-order valence-electron chi connectivity index (χ1n) is 7.02. The van der Waals surface area contributed by atoms with E-state index in [4.69, 9.17) is 4.74 Å². The van der Waals surface area contributed by atoms with E-state index in [-0.39, 0.29) is 0 Å². The minimum Gasteiger partial charge on any atom is -0.383 e. The van der Waals surface area contributed by atoms with Gasteiger partial charge in [0, 0.05) is 13.7 Å². The smallest absolute Gasteiger partial charge is 0.0587 e. The van der Waals surface area contributed by atoms with E-state index in [0.717, 1.165) is 31.5 Å². The molecule has 0 saturated heterocycles. The Morgan fingerprint density at radius 3 is 2.69 bits per heavy atom. The average molecular weight is 227 g/mol. The Labute approximate surface area is 101 Å². The lowest BCUT2D eigenvalue weighted by molar-refractivity contribution is 0.197.